The molecule has 2 aromatic rings. The van der Waals surface area contributed by atoms with Crippen molar-refractivity contribution in [2.75, 3.05) is 6.54 Å². The maximum Gasteiger partial charge on any atom is 0.407 e. The van der Waals surface area contributed by atoms with Crippen molar-refractivity contribution in [1.29, 1.82) is 0 Å². The number of benzene rings is 1. The maximum absolute atomic E-state index is 12.5. The molecule has 0 saturated carbocycles. The Morgan fingerprint density at radius 2 is 1.85 bits per heavy atom. The second-order valence-corrected chi connectivity index (χ2v) is 7.79. The molecule has 1 aromatic heterocycles. The molecule has 0 fully saturated rings. The quantitative estimate of drug-likeness (QED) is 0.562. The van der Waals surface area contributed by atoms with Crippen LogP contribution in [0.5, 0.6) is 0 Å². The van der Waals surface area contributed by atoms with Gasteiger partial charge in [-0.05, 0) is 51.5 Å². The minimum atomic E-state index is -0.529. The lowest BCUT2D eigenvalue weighted by molar-refractivity contribution is 0.0525. The number of alkyl carbamates (subject to hydrolysis) is 1. The number of amides is 1. The van der Waals surface area contributed by atoms with E-state index >= 15 is 0 Å². The maximum atomic E-state index is 12.5. The van der Waals surface area contributed by atoms with Gasteiger partial charge in [-0.2, -0.15) is 0 Å². The highest BCUT2D eigenvalue weighted by Crippen LogP contribution is 2.29. The third-order valence-electron chi connectivity index (χ3n) is 3.28. The Kier molecular flexibility index (Phi) is 7.21. The zero-order valence-corrected chi connectivity index (χ0v) is 16.1. The molecule has 5 nitrogen and oxygen atoms in total. The molecular formula is C20H24N2O3S. The number of carbonyl (C=O) groups excluding carboxylic acids is 2. The van der Waals surface area contributed by atoms with Gasteiger partial charge in [0.1, 0.15) is 10.6 Å². The fourth-order valence-corrected chi connectivity index (χ4v) is 3.09. The lowest BCUT2D eigenvalue weighted by Crippen LogP contribution is -2.33. The average molecular weight is 372 g/mol. The van der Waals surface area contributed by atoms with Gasteiger partial charge in [0, 0.05) is 24.1 Å². The summed E-state index contributed by atoms with van der Waals surface area (Å²) in [5.41, 5.74) is 0.0812. The van der Waals surface area contributed by atoms with Crippen molar-refractivity contribution in [2.24, 2.45) is 0 Å². The van der Waals surface area contributed by atoms with Crippen LogP contribution in [0.25, 0.3) is 0 Å². The van der Waals surface area contributed by atoms with Gasteiger partial charge in [0.15, 0.2) is 5.78 Å². The molecule has 6 heteroatoms. The van der Waals surface area contributed by atoms with E-state index in [-0.39, 0.29) is 5.78 Å². The number of hydrogen-bond donors (Lipinski definition) is 1. The van der Waals surface area contributed by atoms with Crippen LogP contribution in [0, 0.1) is 0 Å². The molecule has 0 atom stereocenters. The summed E-state index contributed by atoms with van der Waals surface area (Å²) in [4.78, 5) is 29.5. The number of rotatable bonds is 7. The minimum absolute atomic E-state index is 0.0162. The number of Topliss-reactive ketones (excluding diaryl/α,β-unsaturated/α-hetero) is 1. The molecule has 1 N–H and O–H groups in total. The van der Waals surface area contributed by atoms with Crippen LogP contribution in [0.2, 0.25) is 0 Å². The molecule has 1 aromatic carbocycles. The molecule has 138 valence electrons. The molecule has 0 unspecified atom stereocenters. The minimum Gasteiger partial charge on any atom is -0.444 e. The van der Waals surface area contributed by atoms with Gasteiger partial charge in [-0.15, -0.1) is 0 Å². The zero-order chi connectivity index (χ0) is 19.0. The second kappa shape index (κ2) is 9.38. The fourth-order valence-electron chi connectivity index (χ4n) is 2.17. The Labute approximate surface area is 158 Å². The van der Waals surface area contributed by atoms with Crippen LogP contribution in [0.1, 0.15) is 44.0 Å². The summed E-state index contributed by atoms with van der Waals surface area (Å²) in [6.07, 6.45) is 2.10. The third-order valence-corrected chi connectivity index (χ3v) is 4.30. The third kappa shape index (κ3) is 6.88. The summed E-state index contributed by atoms with van der Waals surface area (Å²) in [5.74, 6) is 0.0162. The summed E-state index contributed by atoms with van der Waals surface area (Å²) in [6.45, 7) is 5.82. The van der Waals surface area contributed by atoms with E-state index in [1.165, 1.54) is 11.8 Å². The predicted octanol–water partition coefficient (Wildman–Crippen LogP) is 4.72. The predicted molar refractivity (Wildman–Crippen MR) is 103 cm³/mol. The largest absolute Gasteiger partial charge is 0.444 e. The molecule has 0 bridgehead atoms. The van der Waals surface area contributed by atoms with E-state index in [0.29, 0.717) is 30.0 Å². The number of ketones is 1. The van der Waals surface area contributed by atoms with E-state index in [9.17, 15) is 9.59 Å². The standard InChI is InChI=1S/C20H24N2O3S/c1-20(2,3)25-19(24)22-14-8-12-17(23)16-11-7-13-21-18(16)26-15-9-5-4-6-10-15/h4-7,9-11,13H,8,12,14H2,1-3H3,(H,22,24). The van der Waals surface area contributed by atoms with Gasteiger partial charge in [-0.1, -0.05) is 30.0 Å². The van der Waals surface area contributed by atoms with Crippen LogP contribution in [0.15, 0.2) is 58.6 Å². The molecular weight excluding hydrogens is 348 g/mol. The van der Waals surface area contributed by atoms with Crippen LogP contribution in [-0.4, -0.2) is 29.0 Å². The van der Waals surface area contributed by atoms with E-state index in [1.54, 1.807) is 18.3 Å². The normalized spacial score (nSPS) is 11.0. The Morgan fingerprint density at radius 1 is 1.12 bits per heavy atom. The van der Waals surface area contributed by atoms with E-state index < -0.39 is 11.7 Å². The first-order valence-corrected chi connectivity index (χ1v) is 9.35. The number of nitrogens with zero attached hydrogens (tertiary/aromatic N) is 1. The van der Waals surface area contributed by atoms with Gasteiger partial charge in [-0.25, -0.2) is 9.78 Å². The molecule has 2 rings (SSSR count). The van der Waals surface area contributed by atoms with Gasteiger partial charge in [-0.3, -0.25) is 4.79 Å². The molecule has 26 heavy (non-hydrogen) atoms. The summed E-state index contributed by atoms with van der Waals surface area (Å²) in [5, 5.41) is 3.36. The highest BCUT2D eigenvalue weighted by atomic mass is 32.2. The number of pyridine rings is 1. The van der Waals surface area contributed by atoms with E-state index in [0.717, 1.165) is 4.90 Å². The van der Waals surface area contributed by atoms with E-state index in [2.05, 4.69) is 10.3 Å². The van der Waals surface area contributed by atoms with Crippen LogP contribution >= 0.6 is 11.8 Å². The average Bonchev–Trinajstić information content (AvgIpc) is 2.58. The van der Waals surface area contributed by atoms with Crippen molar-refractivity contribution < 1.29 is 14.3 Å². The van der Waals surface area contributed by atoms with Gasteiger partial charge < -0.3 is 10.1 Å². The molecule has 0 aliphatic heterocycles. The SMILES string of the molecule is CC(C)(C)OC(=O)NCCCC(=O)c1cccnc1Sc1ccccc1. The molecule has 0 saturated heterocycles. The number of aromatic nitrogens is 1. The Balaban J connectivity index is 1.87. The number of ether oxygens (including phenoxy) is 1. The Hall–Kier alpha value is -2.34. The number of hydrogen-bond acceptors (Lipinski definition) is 5. The van der Waals surface area contributed by atoms with E-state index in [1.807, 2.05) is 51.1 Å². The van der Waals surface area contributed by atoms with Crippen molar-refractivity contribution in [3.05, 3.63) is 54.2 Å². The van der Waals surface area contributed by atoms with Crippen LogP contribution < -0.4 is 5.32 Å². The first-order chi connectivity index (χ1) is 12.3. The monoisotopic (exact) mass is 372 g/mol. The molecule has 0 aliphatic rings. The van der Waals surface area contributed by atoms with Gasteiger partial charge >= 0.3 is 6.09 Å². The van der Waals surface area contributed by atoms with Crippen LogP contribution in [0.3, 0.4) is 0 Å². The summed E-state index contributed by atoms with van der Waals surface area (Å²) in [6, 6.07) is 13.4. The topological polar surface area (TPSA) is 68.3 Å². The van der Waals surface area contributed by atoms with Crippen LogP contribution in [0.4, 0.5) is 4.79 Å². The summed E-state index contributed by atoms with van der Waals surface area (Å²) >= 11 is 1.47. The summed E-state index contributed by atoms with van der Waals surface area (Å²) in [7, 11) is 0. The summed E-state index contributed by atoms with van der Waals surface area (Å²) < 4.78 is 5.17. The molecule has 0 spiro atoms. The Bertz CT molecular complexity index is 742. The molecule has 0 radical (unpaired) electrons. The Morgan fingerprint density at radius 3 is 2.54 bits per heavy atom. The van der Waals surface area contributed by atoms with Gasteiger partial charge in [0.2, 0.25) is 0 Å². The highest BCUT2D eigenvalue weighted by molar-refractivity contribution is 7.99. The van der Waals surface area contributed by atoms with Crippen molar-refractivity contribution in [3.63, 3.8) is 0 Å². The molecule has 1 heterocycles. The first-order valence-electron chi connectivity index (χ1n) is 8.53. The highest BCUT2D eigenvalue weighted by Gasteiger charge is 2.16. The fraction of sp³-hybridized carbons (Fsp3) is 0.350. The zero-order valence-electron chi connectivity index (χ0n) is 15.3. The first kappa shape index (κ1) is 20.0. The van der Waals surface area contributed by atoms with Gasteiger partial charge in [0.05, 0.1) is 5.56 Å². The number of nitrogens with one attached hydrogen (secondary N) is 1. The van der Waals surface area contributed by atoms with Gasteiger partial charge in [0.25, 0.3) is 0 Å². The molecule has 1 amide bonds. The van der Waals surface area contributed by atoms with E-state index in [4.69, 9.17) is 4.74 Å². The lowest BCUT2D eigenvalue weighted by Gasteiger charge is -2.19. The molecule has 0 aliphatic carbocycles. The second-order valence-electron chi connectivity index (χ2n) is 6.73. The van der Waals surface area contributed by atoms with Crippen molar-refractivity contribution >= 4 is 23.6 Å². The van der Waals surface area contributed by atoms with Crippen molar-refractivity contribution in [3.8, 4) is 0 Å². The van der Waals surface area contributed by atoms with Crippen molar-refractivity contribution in [1.82, 2.24) is 10.3 Å². The van der Waals surface area contributed by atoms with Crippen molar-refractivity contribution in [2.45, 2.75) is 49.1 Å². The lowest BCUT2D eigenvalue weighted by atomic mass is 10.1. The van der Waals surface area contributed by atoms with Crippen LogP contribution in [-0.2, 0) is 4.74 Å². The number of carbonyl (C=O) groups is 2. The smallest absolute Gasteiger partial charge is 0.407 e.